The molecule has 0 aliphatic rings. The minimum atomic E-state index is 0.364. The van der Waals surface area contributed by atoms with E-state index in [4.69, 9.17) is 10.5 Å². The molecule has 0 amide bonds. The summed E-state index contributed by atoms with van der Waals surface area (Å²) in [6.07, 6.45) is 1.76. The number of fused-ring (bicyclic) bond motifs is 1. The number of rotatable bonds is 3. The fourth-order valence-electron chi connectivity index (χ4n) is 1.67. The van der Waals surface area contributed by atoms with Gasteiger partial charge in [0, 0.05) is 11.6 Å². The number of anilines is 1. The molecule has 0 saturated carbocycles. The molecule has 0 unspecified atom stereocenters. The topological polar surface area (TPSA) is 73.9 Å². The zero-order chi connectivity index (χ0) is 12.4. The van der Waals surface area contributed by atoms with Crippen molar-refractivity contribution >= 4 is 27.4 Å². The number of nitrogens with zero attached hydrogens (tertiary/aromatic N) is 3. The number of benzene rings is 1. The predicted octanol–water partition coefficient (Wildman–Crippen LogP) is 2.25. The van der Waals surface area contributed by atoms with Crippen molar-refractivity contribution < 1.29 is 4.74 Å². The second-order valence-electron chi connectivity index (χ2n) is 3.65. The summed E-state index contributed by atoms with van der Waals surface area (Å²) in [4.78, 5) is 4.28. The van der Waals surface area contributed by atoms with E-state index in [0.29, 0.717) is 11.7 Å². The van der Waals surface area contributed by atoms with E-state index in [-0.39, 0.29) is 0 Å². The summed E-state index contributed by atoms with van der Waals surface area (Å²) >= 11 is 1.33. The van der Waals surface area contributed by atoms with Gasteiger partial charge in [0.2, 0.25) is 5.13 Å². The van der Waals surface area contributed by atoms with E-state index in [9.17, 15) is 0 Å². The molecule has 2 N–H and O–H groups in total. The quantitative estimate of drug-likeness (QED) is 0.780. The van der Waals surface area contributed by atoms with E-state index in [1.54, 1.807) is 6.20 Å². The lowest BCUT2D eigenvalue weighted by Crippen LogP contribution is -1.95. The molecule has 5 nitrogen and oxygen atoms in total. The smallest absolute Gasteiger partial charge is 0.203 e. The molecule has 0 aliphatic heterocycles. The van der Waals surface area contributed by atoms with Crippen LogP contribution in [-0.4, -0.2) is 15.2 Å². The van der Waals surface area contributed by atoms with Crippen LogP contribution >= 0.6 is 11.3 Å². The fraction of sp³-hybridized carbons (Fsp3) is 0.0833. The molecule has 2 heterocycles. The largest absolute Gasteiger partial charge is 0.486 e. The maximum absolute atomic E-state index is 5.73. The van der Waals surface area contributed by atoms with Gasteiger partial charge in [-0.1, -0.05) is 17.4 Å². The molecule has 18 heavy (non-hydrogen) atoms. The van der Waals surface area contributed by atoms with Crippen LogP contribution in [0.1, 0.15) is 5.01 Å². The van der Waals surface area contributed by atoms with Crippen LogP contribution in [0.2, 0.25) is 0 Å². The third-order valence-corrected chi connectivity index (χ3v) is 3.17. The Balaban J connectivity index is 1.86. The Labute approximate surface area is 107 Å². The van der Waals surface area contributed by atoms with E-state index in [1.807, 2.05) is 30.3 Å². The van der Waals surface area contributed by atoms with Crippen molar-refractivity contribution in [3.05, 3.63) is 41.5 Å². The molecule has 0 spiro atoms. The maximum atomic E-state index is 5.73. The van der Waals surface area contributed by atoms with Gasteiger partial charge >= 0.3 is 0 Å². The van der Waals surface area contributed by atoms with Crippen molar-refractivity contribution in [3.63, 3.8) is 0 Å². The lowest BCUT2D eigenvalue weighted by Gasteiger charge is -2.06. The summed E-state index contributed by atoms with van der Waals surface area (Å²) in [5.74, 6) is 0.786. The molecule has 6 heteroatoms. The Morgan fingerprint density at radius 1 is 1.17 bits per heavy atom. The molecule has 90 valence electrons. The zero-order valence-electron chi connectivity index (χ0n) is 9.41. The highest BCUT2D eigenvalue weighted by atomic mass is 32.1. The Morgan fingerprint density at radius 2 is 2.11 bits per heavy atom. The first kappa shape index (κ1) is 10.9. The van der Waals surface area contributed by atoms with Gasteiger partial charge in [-0.15, -0.1) is 10.2 Å². The van der Waals surface area contributed by atoms with Gasteiger partial charge in [0.15, 0.2) is 5.01 Å². The minimum absolute atomic E-state index is 0.364. The number of nitrogens with two attached hydrogens (primary N) is 1. The first-order valence-corrected chi connectivity index (χ1v) is 6.19. The monoisotopic (exact) mass is 258 g/mol. The van der Waals surface area contributed by atoms with Crippen molar-refractivity contribution in [1.82, 2.24) is 15.2 Å². The van der Waals surface area contributed by atoms with Crippen LogP contribution in [0.25, 0.3) is 10.9 Å². The van der Waals surface area contributed by atoms with E-state index >= 15 is 0 Å². The summed E-state index contributed by atoms with van der Waals surface area (Å²) in [6.45, 7) is 0.364. The van der Waals surface area contributed by atoms with E-state index < -0.39 is 0 Å². The van der Waals surface area contributed by atoms with Gasteiger partial charge in [0.1, 0.15) is 12.4 Å². The molecule has 0 radical (unpaired) electrons. The van der Waals surface area contributed by atoms with E-state index in [2.05, 4.69) is 15.2 Å². The maximum Gasteiger partial charge on any atom is 0.203 e. The second kappa shape index (κ2) is 4.58. The van der Waals surface area contributed by atoms with Crippen molar-refractivity contribution in [1.29, 1.82) is 0 Å². The SMILES string of the molecule is Nc1nnc(COc2cccc3ncccc23)s1. The Hall–Kier alpha value is -2.21. The highest BCUT2D eigenvalue weighted by molar-refractivity contribution is 7.15. The first-order chi connectivity index (χ1) is 8.83. The normalized spacial score (nSPS) is 10.7. The van der Waals surface area contributed by atoms with E-state index in [0.717, 1.165) is 21.7 Å². The average molecular weight is 258 g/mol. The fourth-order valence-corrected chi connectivity index (χ4v) is 2.19. The van der Waals surface area contributed by atoms with Crippen LogP contribution in [-0.2, 0) is 6.61 Å². The number of pyridine rings is 1. The summed E-state index contributed by atoms with van der Waals surface area (Å²) in [5.41, 5.74) is 6.43. The Kier molecular flexibility index (Phi) is 2.77. The van der Waals surface area contributed by atoms with Gasteiger partial charge in [-0.25, -0.2) is 0 Å². The molecule has 0 fully saturated rings. The lowest BCUT2D eigenvalue weighted by molar-refractivity contribution is 0.308. The first-order valence-electron chi connectivity index (χ1n) is 5.37. The molecule has 3 rings (SSSR count). The van der Waals surface area contributed by atoms with Crippen LogP contribution in [0.3, 0.4) is 0 Å². The summed E-state index contributed by atoms with van der Waals surface area (Å²) in [6, 6.07) is 9.64. The van der Waals surface area contributed by atoms with Gasteiger partial charge in [-0.05, 0) is 24.3 Å². The van der Waals surface area contributed by atoms with Crippen molar-refractivity contribution in [2.75, 3.05) is 5.73 Å². The minimum Gasteiger partial charge on any atom is -0.486 e. The summed E-state index contributed by atoms with van der Waals surface area (Å²) in [7, 11) is 0. The highest BCUT2D eigenvalue weighted by Gasteiger charge is 2.05. The third kappa shape index (κ3) is 2.10. The molecule has 0 aliphatic carbocycles. The predicted molar refractivity (Wildman–Crippen MR) is 70.4 cm³/mol. The summed E-state index contributed by atoms with van der Waals surface area (Å²) < 4.78 is 5.73. The van der Waals surface area contributed by atoms with Gasteiger partial charge < -0.3 is 10.5 Å². The number of aromatic nitrogens is 3. The van der Waals surface area contributed by atoms with Crippen LogP contribution in [0.4, 0.5) is 5.13 Å². The Morgan fingerprint density at radius 3 is 2.94 bits per heavy atom. The lowest BCUT2D eigenvalue weighted by atomic mass is 10.2. The summed E-state index contributed by atoms with van der Waals surface area (Å²) in [5, 5.41) is 9.85. The number of ether oxygens (including phenoxy) is 1. The van der Waals surface area contributed by atoms with Gasteiger partial charge in [0.05, 0.1) is 5.52 Å². The molecule has 1 aromatic carbocycles. The van der Waals surface area contributed by atoms with Crippen molar-refractivity contribution in [3.8, 4) is 5.75 Å². The molecule has 2 aromatic heterocycles. The zero-order valence-corrected chi connectivity index (χ0v) is 10.2. The highest BCUT2D eigenvalue weighted by Crippen LogP contribution is 2.25. The second-order valence-corrected chi connectivity index (χ2v) is 4.74. The number of nitrogen functional groups attached to an aromatic ring is 1. The van der Waals surface area contributed by atoms with Crippen LogP contribution in [0.5, 0.6) is 5.75 Å². The number of hydrogen-bond donors (Lipinski definition) is 1. The number of hydrogen-bond acceptors (Lipinski definition) is 6. The third-order valence-electron chi connectivity index (χ3n) is 2.44. The van der Waals surface area contributed by atoms with Gasteiger partial charge in [-0.2, -0.15) is 0 Å². The van der Waals surface area contributed by atoms with Crippen molar-refractivity contribution in [2.45, 2.75) is 6.61 Å². The van der Waals surface area contributed by atoms with Crippen LogP contribution < -0.4 is 10.5 Å². The molecule has 0 atom stereocenters. The van der Waals surface area contributed by atoms with Crippen molar-refractivity contribution in [2.24, 2.45) is 0 Å². The molecule has 0 saturated heterocycles. The average Bonchev–Trinajstić information content (AvgIpc) is 2.82. The standard InChI is InChI=1S/C12H10N4OS/c13-12-16-15-11(18-12)7-17-10-5-1-4-9-8(10)3-2-6-14-9/h1-6H,7H2,(H2,13,16). The molecule has 3 aromatic rings. The van der Waals surface area contributed by atoms with Crippen LogP contribution in [0.15, 0.2) is 36.5 Å². The molecular formula is C12H10N4OS. The van der Waals surface area contributed by atoms with Gasteiger partial charge in [-0.3, -0.25) is 4.98 Å². The van der Waals surface area contributed by atoms with Gasteiger partial charge in [0.25, 0.3) is 0 Å². The van der Waals surface area contributed by atoms with E-state index in [1.165, 1.54) is 11.3 Å². The molecule has 0 bridgehead atoms. The Bertz CT molecular complexity index is 677. The van der Waals surface area contributed by atoms with Crippen LogP contribution in [0, 0.1) is 0 Å². The molecular weight excluding hydrogens is 248 g/mol.